The van der Waals surface area contributed by atoms with Crippen LogP contribution in [0.15, 0.2) is 30.3 Å². The van der Waals surface area contributed by atoms with Gasteiger partial charge in [-0.2, -0.15) is 5.26 Å². The van der Waals surface area contributed by atoms with Gasteiger partial charge in [-0.05, 0) is 11.5 Å². The third-order valence-corrected chi connectivity index (χ3v) is 2.72. The Morgan fingerprint density at radius 1 is 1.33 bits per heavy atom. The van der Waals surface area contributed by atoms with E-state index in [2.05, 4.69) is 37.4 Å². The molecule has 80 valence electrons. The molecule has 0 radical (unpaired) electrons. The molecule has 0 aliphatic rings. The first-order chi connectivity index (χ1) is 7.27. The van der Waals surface area contributed by atoms with Crippen molar-refractivity contribution in [3.8, 4) is 6.07 Å². The lowest BCUT2D eigenvalue weighted by molar-refractivity contribution is 0.430. The molecule has 0 saturated heterocycles. The van der Waals surface area contributed by atoms with E-state index >= 15 is 0 Å². The van der Waals surface area contributed by atoms with Crippen molar-refractivity contribution < 1.29 is 0 Å². The van der Waals surface area contributed by atoms with Crippen LogP contribution in [0.4, 0.5) is 0 Å². The highest BCUT2D eigenvalue weighted by Crippen LogP contribution is 2.07. The normalized spacial score (nSPS) is 14.2. The molecule has 15 heavy (non-hydrogen) atoms. The number of hydrogen-bond acceptors (Lipinski definition) is 2. The van der Waals surface area contributed by atoms with E-state index in [-0.39, 0.29) is 6.04 Å². The topological polar surface area (TPSA) is 35.8 Å². The van der Waals surface area contributed by atoms with Crippen LogP contribution in [-0.4, -0.2) is 6.04 Å². The Kier molecular flexibility index (Phi) is 4.86. The maximum absolute atomic E-state index is 8.99. The monoisotopic (exact) mass is 202 g/mol. The fourth-order valence-corrected chi connectivity index (χ4v) is 1.43. The molecule has 0 aliphatic carbocycles. The lowest BCUT2D eigenvalue weighted by Crippen LogP contribution is -2.32. The molecule has 0 amide bonds. The van der Waals surface area contributed by atoms with Crippen LogP contribution in [0.1, 0.15) is 25.8 Å². The van der Waals surface area contributed by atoms with Crippen LogP contribution >= 0.6 is 0 Å². The quantitative estimate of drug-likeness (QED) is 0.797. The van der Waals surface area contributed by atoms with E-state index in [4.69, 9.17) is 5.26 Å². The second-order valence-electron chi connectivity index (χ2n) is 3.86. The lowest BCUT2D eigenvalue weighted by Gasteiger charge is -2.17. The molecule has 2 heteroatoms. The number of benzene rings is 1. The average molecular weight is 202 g/mol. The minimum Gasteiger partial charge on any atom is -0.298 e. The van der Waals surface area contributed by atoms with Crippen molar-refractivity contribution in [3.63, 3.8) is 0 Å². The van der Waals surface area contributed by atoms with Crippen molar-refractivity contribution in [1.29, 1.82) is 5.26 Å². The van der Waals surface area contributed by atoms with Crippen molar-refractivity contribution in [1.82, 2.24) is 5.32 Å². The Labute approximate surface area is 91.9 Å². The SMILES string of the molecule is CC[C@@H](C)[C@H](C#N)NCc1ccccc1. The summed E-state index contributed by atoms with van der Waals surface area (Å²) in [5, 5.41) is 12.3. The summed E-state index contributed by atoms with van der Waals surface area (Å²) in [6.07, 6.45) is 1.03. The van der Waals surface area contributed by atoms with Gasteiger partial charge in [-0.25, -0.2) is 0 Å². The largest absolute Gasteiger partial charge is 0.298 e. The molecule has 2 atom stereocenters. The van der Waals surface area contributed by atoms with Gasteiger partial charge >= 0.3 is 0 Å². The summed E-state index contributed by atoms with van der Waals surface area (Å²) >= 11 is 0. The third kappa shape index (κ3) is 3.73. The van der Waals surface area contributed by atoms with Crippen LogP contribution in [0.5, 0.6) is 0 Å². The molecule has 0 aromatic heterocycles. The van der Waals surface area contributed by atoms with Gasteiger partial charge in [0.1, 0.15) is 0 Å². The first kappa shape index (κ1) is 11.7. The maximum Gasteiger partial charge on any atom is 0.0981 e. The van der Waals surface area contributed by atoms with Crippen LogP contribution < -0.4 is 5.32 Å². The highest BCUT2D eigenvalue weighted by Gasteiger charge is 2.13. The highest BCUT2D eigenvalue weighted by molar-refractivity contribution is 5.14. The van der Waals surface area contributed by atoms with Crippen molar-refractivity contribution in [2.45, 2.75) is 32.9 Å². The van der Waals surface area contributed by atoms with Gasteiger partial charge in [-0.15, -0.1) is 0 Å². The zero-order valence-corrected chi connectivity index (χ0v) is 9.40. The summed E-state index contributed by atoms with van der Waals surface area (Å²) in [4.78, 5) is 0. The fraction of sp³-hybridized carbons (Fsp3) is 0.462. The van der Waals surface area contributed by atoms with E-state index in [0.29, 0.717) is 5.92 Å². The van der Waals surface area contributed by atoms with Gasteiger partial charge in [0.05, 0.1) is 12.1 Å². The van der Waals surface area contributed by atoms with Gasteiger partial charge in [-0.3, -0.25) is 5.32 Å². The van der Waals surface area contributed by atoms with Crippen LogP contribution in [0.25, 0.3) is 0 Å². The molecule has 0 fully saturated rings. The predicted octanol–water partition coefficient (Wildman–Crippen LogP) is 2.71. The highest BCUT2D eigenvalue weighted by atomic mass is 14.9. The lowest BCUT2D eigenvalue weighted by atomic mass is 10.0. The molecule has 0 bridgehead atoms. The van der Waals surface area contributed by atoms with Crippen molar-refractivity contribution in [3.05, 3.63) is 35.9 Å². The summed E-state index contributed by atoms with van der Waals surface area (Å²) < 4.78 is 0. The minimum atomic E-state index is -0.0461. The van der Waals surface area contributed by atoms with Gasteiger partial charge in [0.15, 0.2) is 0 Å². The summed E-state index contributed by atoms with van der Waals surface area (Å²) in [7, 11) is 0. The molecular weight excluding hydrogens is 184 g/mol. The zero-order valence-electron chi connectivity index (χ0n) is 9.40. The molecule has 1 aromatic carbocycles. The van der Waals surface area contributed by atoms with Gasteiger partial charge in [0, 0.05) is 6.54 Å². The summed E-state index contributed by atoms with van der Waals surface area (Å²) in [5.74, 6) is 0.402. The molecule has 0 spiro atoms. The Hall–Kier alpha value is -1.33. The molecule has 1 aromatic rings. The molecule has 1 N–H and O–H groups in total. The van der Waals surface area contributed by atoms with Crippen molar-refractivity contribution in [2.24, 2.45) is 5.92 Å². The summed E-state index contributed by atoms with van der Waals surface area (Å²) in [6, 6.07) is 12.4. The van der Waals surface area contributed by atoms with Crippen LogP contribution in [0, 0.1) is 17.2 Å². The van der Waals surface area contributed by atoms with E-state index < -0.39 is 0 Å². The molecule has 2 nitrogen and oxygen atoms in total. The van der Waals surface area contributed by atoms with Crippen LogP contribution in [0.3, 0.4) is 0 Å². The summed E-state index contributed by atoms with van der Waals surface area (Å²) in [5.41, 5.74) is 1.22. The number of nitrogens with zero attached hydrogens (tertiary/aromatic N) is 1. The standard InChI is InChI=1S/C13H18N2/c1-3-11(2)13(9-14)15-10-12-7-5-4-6-8-12/h4-8,11,13,15H,3,10H2,1-2H3/t11-,13+/m1/s1. The summed E-state index contributed by atoms with van der Waals surface area (Å²) in [6.45, 7) is 4.98. The molecule has 0 heterocycles. The van der Waals surface area contributed by atoms with Crippen molar-refractivity contribution in [2.75, 3.05) is 0 Å². The smallest absolute Gasteiger partial charge is 0.0981 e. The molecule has 0 unspecified atom stereocenters. The molecule has 0 aliphatic heterocycles. The van der Waals surface area contributed by atoms with Crippen LogP contribution in [0.2, 0.25) is 0 Å². The van der Waals surface area contributed by atoms with E-state index in [0.717, 1.165) is 13.0 Å². The number of rotatable bonds is 5. The van der Waals surface area contributed by atoms with Gasteiger partial charge in [-0.1, -0.05) is 50.6 Å². The number of nitrogens with one attached hydrogen (secondary N) is 1. The Morgan fingerprint density at radius 3 is 2.53 bits per heavy atom. The molecule has 0 saturated carbocycles. The predicted molar refractivity (Wildman–Crippen MR) is 62.1 cm³/mol. The fourth-order valence-electron chi connectivity index (χ4n) is 1.43. The first-order valence-corrected chi connectivity index (χ1v) is 5.44. The van der Waals surface area contributed by atoms with E-state index in [9.17, 15) is 0 Å². The third-order valence-electron chi connectivity index (χ3n) is 2.72. The Balaban J connectivity index is 2.46. The number of hydrogen-bond donors (Lipinski definition) is 1. The second kappa shape index (κ2) is 6.21. The number of nitriles is 1. The van der Waals surface area contributed by atoms with Gasteiger partial charge < -0.3 is 0 Å². The van der Waals surface area contributed by atoms with Gasteiger partial charge in [0.2, 0.25) is 0 Å². The minimum absolute atomic E-state index is 0.0461. The van der Waals surface area contributed by atoms with Gasteiger partial charge in [0.25, 0.3) is 0 Å². The zero-order chi connectivity index (χ0) is 11.1. The maximum atomic E-state index is 8.99. The molecular formula is C13H18N2. The van der Waals surface area contributed by atoms with Crippen LogP contribution in [-0.2, 0) is 6.54 Å². The molecule has 1 rings (SSSR count). The van der Waals surface area contributed by atoms with E-state index in [1.165, 1.54) is 5.56 Å². The van der Waals surface area contributed by atoms with E-state index in [1.807, 2.05) is 18.2 Å². The Bertz CT molecular complexity index is 313. The Morgan fingerprint density at radius 2 is 2.00 bits per heavy atom. The second-order valence-corrected chi connectivity index (χ2v) is 3.86. The van der Waals surface area contributed by atoms with E-state index in [1.54, 1.807) is 0 Å². The first-order valence-electron chi connectivity index (χ1n) is 5.44. The van der Waals surface area contributed by atoms with Crippen molar-refractivity contribution >= 4 is 0 Å². The average Bonchev–Trinajstić information content (AvgIpc) is 2.31.